The van der Waals surface area contributed by atoms with Gasteiger partial charge in [-0.2, -0.15) is 0 Å². The van der Waals surface area contributed by atoms with Crippen LogP contribution in [0.5, 0.6) is 0 Å². The minimum absolute atomic E-state index is 0.241. The minimum atomic E-state index is -0.241. The number of nitrogens with zero attached hydrogens (tertiary/aromatic N) is 1. The molecule has 0 bridgehead atoms. The van der Waals surface area contributed by atoms with Gasteiger partial charge in [0.15, 0.2) is 0 Å². The number of fused-ring (bicyclic) bond motifs is 1. The van der Waals surface area contributed by atoms with Crippen molar-refractivity contribution in [1.29, 1.82) is 0 Å². The summed E-state index contributed by atoms with van der Waals surface area (Å²) in [5.41, 5.74) is -0.241. The molecular weight excluding hydrogens is 102 g/mol. The van der Waals surface area contributed by atoms with Crippen molar-refractivity contribution in [2.75, 3.05) is 20.1 Å². The zero-order valence-corrected chi connectivity index (χ0v) is 5.09. The molecule has 2 nitrogen and oxygen atoms in total. The maximum atomic E-state index is 9.40. The second kappa shape index (κ2) is 1.09. The fourth-order valence-corrected chi connectivity index (χ4v) is 1.70. The highest BCUT2D eigenvalue weighted by molar-refractivity contribution is 5.10. The highest BCUT2D eigenvalue weighted by Crippen LogP contribution is 2.48. The Morgan fingerprint density at radius 2 is 2.50 bits per heavy atom. The zero-order valence-electron chi connectivity index (χ0n) is 5.09. The highest BCUT2D eigenvalue weighted by Gasteiger charge is 2.57. The van der Waals surface area contributed by atoms with E-state index in [2.05, 4.69) is 11.9 Å². The predicted octanol–water partition coefficient (Wildman–Crippen LogP) is -0.317. The Kier molecular flexibility index (Phi) is 0.649. The Morgan fingerprint density at radius 1 is 1.75 bits per heavy atom. The molecule has 0 radical (unpaired) electrons. The lowest BCUT2D eigenvalue weighted by atomic mass is 10.3. The van der Waals surface area contributed by atoms with Crippen LogP contribution in [0.1, 0.15) is 6.42 Å². The van der Waals surface area contributed by atoms with E-state index in [-0.39, 0.29) is 5.60 Å². The molecule has 1 aliphatic heterocycles. The third-order valence-corrected chi connectivity index (χ3v) is 2.28. The normalized spacial score (nSPS) is 54.0. The molecule has 0 amide bonds. The van der Waals surface area contributed by atoms with Crippen molar-refractivity contribution in [2.24, 2.45) is 5.92 Å². The van der Waals surface area contributed by atoms with Gasteiger partial charge in [-0.1, -0.05) is 0 Å². The summed E-state index contributed by atoms with van der Waals surface area (Å²) in [6.45, 7) is 2.01. The number of likely N-dealkylation sites (tertiary alicyclic amines) is 1. The van der Waals surface area contributed by atoms with Gasteiger partial charge in [-0.3, -0.25) is 0 Å². The van der Waals surface area contributed by atoms with E-state index in [4.69, 9.17) is 0 Å². The zero-order chi connectivity index (χ0) is 5.78. The van der Waals surface area contributed by atoms with E-state index in [9.17, 15) is 5.11 Å². The maximum Gasteiger partial charge on any atom is 0.0819 e. The molecule has 1 heterocycles. The summed E-state index contributed by atoms with van der Waals surface area (Å²) in [5.74, 6) is 0.618. The molecule has 2 rings (SSSR count). The van der Waals surface area contributed by atoms with Crippen LogP contribution in [0.4, 0.5) is 0 Å². The van der Waals surface area contributed by atoms with Gasteiger partial charge >= 0.3 is 0 Å². The largest absolute Gasteiger partial charge is 0.388 e. The maximum absolute atomic E-state index is 9.40. The van der Waals surface area contributed by atoms with Crippen molar-refractivity contribution >= 4 is 0 Å². The Labute approximate surface area is 49.1 Å². The molecule has 8 heavy (non-hydrogen) atoms. The molecule has 1 unspecified atom stereocenters. The third-order valence-electron chi connectivity index (χ3n) is 2.28. The lowest BCUT2D eigenvalue weighted by molar-refractivity contribution is 0.135. The fourth-order valence-electron chi connectivity index (χ4n) is 1.70. The summed E-state index contributed by atoms with van der Waals surface area (Å²) < 4.78 is 0. The first-order valence-corrected chi connectivity index (χ1v) is 3.12. The quantitative estimate of drug-likeness (QED) is 0.465. The molecule has 0 aromatic carbocycles. The van der Waals surface area contributed by atoms with Crippen LogP contribution in [0.2, 0.25) is 0 Å². The first kappa shape index (κ1) is 4.77. The van der Waals surface area contributed by atoms with Crippen LogP contribution in [0.3, 0.4) is 0 Å². The molecule has 0 aromatic rings. The van der Waals surface area contributed by atoms with Crippen molar-refractivity contribution in [3.05, 3.63) is 0 Å². The Balaban J connectivity index is 2.10. The second-order valence-corrected chi connectivity index (χ2v) is 3.20. The van der Waals surface area contributed by atoms with Crippen molar-refractivity contribution < 1.29 is 5.11 Å². The topological polar surface area (TPSA) is 23.5 Å². The van der Waals surface area contributed by atoms with Gasteiger partial charge in [0.1, 0.15) is 0 Å². The fraction of sp³-hybridized carbons (Fsp3) is 1.00. The molecule has 1 aliphatic carbocycles. The number of piperidine rings is 1. The SMILES string of the molecule is CN1CC2C[C@]2(O)C1. The van der Waals surface area contributed by atoms with Crippen LogP contribution in [0, 0.1) is 5.92 Å². The molecule has 2 heteroatoms. The smallest absolute Gasteiger partial charge is 0.0819 e. The van der Waals surface area contributed by atoms with Crippen LogP contribution in [-0.2, 0) is 0 Å². The summed E-state index contributed by atoms with van der Waals surface area (Å²) in [6.07, 6.45) is 1.05. The first-order valence-electron chi connectivity index (χ1n) is 3.12. The average molecular weight is 113 g/mol. The number of hydrogen-bond acceptors (Lipinski definition) is 2. The van der Waals surface area contributed by atoms with Crippen molar-refractivity contribution in [1.82, 2.24) is 4.90 Å². The summed E-state index contributed by atoms with van der Waals surface area (Å²) in [4.78, 5) is 2.19. The van der Waals surface area contributed by atoms with E-state index in [0.29, 0.717) is 5.92 Å². The molecule has 2 aliphatic rings. The van der Waals surface area contributed by atoms with Crippen LogP contribution in [0.15, 0.2) is 0 Å². The number of aliphatic hydroxyl groups is 1. The molecule has 2 atom stereocenters. The van der Waals surface area contributed by atoms with Crippen molar-refractivity contribution in [2.45, 2.75) is 12.0 Å². The molecule has 46 valence electrons. The molecule has 2 fully saturated rings. The number of β-amino-alcohol motifs (C(OH)–C–C–N with tert-alkyl or cyclic N) is 1. The molecular formula is C6H11NO. The predicted molar refractivity (Wildman–Crippen MR) is 30.6 cm³/mol. The summed E-state index contributed by atoms with van der Waals surface area (Å²) in [5, 5.41) is 9.40. The van der Waals surface area contributed by atoms with E-state index in [1.807, 2.05) is 0 Å². The van der Waals surface area contributed by atoms with E-state index in [1.165, 1.54) is 0 Å². The van der Waals surface area contributed by atoms with Crippen LogP contribution >= 0.6 is 0 Å². The van der Waals surface area contributed by atoms with E-state index >= 15 is 0 Å². The summed E-state index contributed by atoms with van der Waals surface area (Å²) in [6, 6.07) is 0. The van der Waals surface area contributed by atoms with Gasteiger partial charge in [-0.05, 0) is 13.5 Å². The van der Waals surface area contributed by atoms with Crippen LogP contribution < -0.4 is 0 Å². The van der Waals surface area contributed by atoms with Gasteiger partial charge in [0.2, 0.25) is 0 Å². The molecule has 1 N–H and O–H groups in total. The summed E-state index contributed by atoms with van der Waals surface area (Å²) >= 11 is 0. The Hall–Kier alpha value is -0.0800. The van der Waals surface area contributed by atoms with Crippen LogP contribution in [0.25, 0.3) is 0 Å². The minimum Gasteiger partial charge on any atom is -0.388 e. The standard InChI is InChI=1S/C6H11NO/c1-7-3-5-2-6(5,8)4-7/h5,8H,2-4H2,1H3/t5?,6-/m0/s1. The third kappa shape index (κ3) is 0.446. The molecule has 0 aromatic heterocycles. The van der Waals surface area contributed by atoms with E-state index in [0.717, 1.165) is 19.5 Å². The lowest BCUT2D eigenvalue weighted by Gasteiger charge is -2.09. The summed E-state index contributed by atoms with van der Waals surface area (Å²) in [7, 11) is 2.06. The monoisotopic (exact) mass is 113 g/mol. The van der Waals surface area contributed by atoms with Gasteiger partial charge < -0.3 is 10.0 Å². The molecule has 0 spiro atoms. The Morgan fingerprint density at radius 3 is 2.75 bits per heavy atom. The average Bonchev–Trinajstić information content (AvgIpc) is 2.07. The van der Waals surface area contributed by atoms with Gasteiger partial charge in [-0.25, -0.2) is 0 Å². The van der Waals surface area contributed by atoms with Crippen molar-refractivity contribution in [3.8, 4) is 0 Å². The number of hydrogen-bond donors (Lipinski definition) is 1. The van der Waals surface area contributed by atoms with Crippen LogP contribution in [-0.4, -0.2) is 35.7 Å². The number of rotatable bonds is 0. The van der Waals surface area contributed by atoms with Gasteiger partial charge in [0, 0.05) is 19.0 Å². The van der Waals surface area contributed by atoms with Gasteiger partial charge in [0.25, 0.3) is 0 Å². The highest BCUT2D eigenvalue weighted by atomic mass is 16.3. The van der Waals surface area contributed by atoms with Gasteiger partial charge in [-0.15, -0.1) is 0 Å². The van der Waals surface area contributed by atoms with E-state index < -0.39 is 0 Å². The molecule has 1 saturated carbocycles. The Bertz CT molecular complexity index is 126. The van der Waals surface area contributed by atoms with E-state index in [1.54, 1.807) is 0 Å². The number of likely N-dealkylation sites (N-methyl/N-ethyl adjacent to an activating group) is 1. The lowest BCUT2D eigenvalue weighted by Crippen LogP contribution is -2.22. The van der Waals surface area contributed by atoms with Crippen molar-refractivity contribution in [3.63, 3.8) is 0 Å². The molecule has 1 saturated heterocycles. The first-order chi connectivity index (χ1) is 3.71. The second-order valence-electron chi connectivity index (χ2n) is 3.20. The van der Waals surface area contributed by atoms with Gasteiger partial charge in [0.05, 0.1) is 5.60 Å².